The van der Waals surface area contributed by atoms with Crippen LogP contribution < -0.4 is 0 Å². The molecule has 4 aromatic rings. The van der Waals surface area contributed by atoms with Crippen LogP contribution in [-0.4, -0.2) is 21.8 Å². The summed E-state index contributed by atoms with van der Waals surface area (Å²) in [5.74, 6) is 0.0313. The molecule has 188 valence electrons. The largest absolute Gasteiger partial charge is 0.508 e. The molecule has 4 nitrogen and oxygen atoms in total. The molecule has 0 amide bonds. The number of rotatable bonds is 8. The van der Waals surface area contributed by atoms with Gasteiger partial charge in [0.1, 0.15) is 11.5 Å². The van der Waals surface area contributed by atoms with Crippen LogP contribution in [0.4, 0.5) is 0 Å². The quantitative estimate of drug-likeness (QED) is 0.263. The molecule has 0 aliphatic heterocycles. The second-order valence-corrected chi connectivity index (χ2v) is 10.2. The predicted molar refractivity (Wildman–Crippen MR) is 147 cm³/mol. The first kappa shape index (κ1) is 25.9. The second-order valence-electron chi connectivity index (χ2n) is 10.2. The Kier molecular flexibility index (Phi) is 7.30. The van der Waals surface area contributed by atoms with E-state index in [1.165, 1.54) is 0 Å². The Hall–Kier alpha value is -4.18. The van der Waals surface area contributed by atoms with Crippen LogP contribution in [0.3, 0.4) is 0 Å². The molecule has 4 rings (SSSR count). The number of ketones is 2. The van der Waals surface area contributed by atoms with Gasteiger partial charge in [-0.3, -0.25) is 9.59 Å². The molecule has 0 saturated carbocycles. The molecular formula is C33H32O4. The van der Waals surface area contributed by atoms with Crippen LogP contribution in [0.25, 0.3) is 0 Å². The van der Waals surface area contributed by atoms with Gasteiger partial charge >= 0.3 is 0 Å². The molecular weight excluding hydrogens is 460 g/mol. The topological polar surface area (TPSA) is 74.6 Å². The maximum atomic E-state index is 12.9. The summed E-state index contributed by atoms with van der Waals surface area (Å²) in [7, 11) is 0. The Morgan fingerprint density at radius 1 is 0.595 bits per heavy atom. The van der Waals surface area contributed by atoms with Crippen LogP contribution in [0.5, 0.6) is 11.5 Å². The minimum absolute atomic E-state index is 0.0632. The van der Waals surface area contributed by atoms with Crippen molar-refractivity contribution in [1.82, 2.24) is 0 Å². The minimum Gasteiger partial charge on any atom is -0.508 e. The standard InChI is InChI=1S/C33H32O4/c1-21-5-9-23(10-6-21)31(36)19-25-17-27(13-15-29(25)34)33(3,4)28-14-16-30(35)26(18-28)20-32(37)24-11-7-22(2)8-12-24/h5-18,34-35H,19-20H2,1-4H3. The van der Waals surface area contributed by atoms with Gasteiger partial charge in [0, 0.05) is 40.5 Å². The van der Waals surface area contributed by atoms with Gasteiger partial charge in [-0.1, -0.05) is 97.8 Å². The Bertz CT molecular complexity index is 1330. The molecule has 0 aliphatic rings. The SMILES string of the molecule is Cc1ccc(C(=O)Cc2cc(C(C)(C)c3ccc(O)c(CC(=O)c4ccc(C)cc4)c3)ccc2O)cc1. The van der Waals surface area contributed by atoms with Crippen molar-refractivity contribution in [3.8, 4) is 11.5 Å². The third-order valence-corrected chi connectivity index (χ3v) is 7.05. The molecule has 0 bridgehead atoms. The summed E-state index contributed by atoms with van der Waals surface area (Å²) in [6.07, 6.45) is 0.176. The predicted octanol–water partition coefficient (Wildman–Crippen LogP) is 6.89. The van der Waals surface area contributed by atoms with Crippen molar-refractivity contribution in [3.05, 3.63) is 129 Å². The molecule has 0 spiro atoms. The minimum atomic E-state index is -0.509. The summed E-state index contributed by atoms with van der Waals surface area (Å²) in [5.41, 5.74) is 5.82. The highest BCUT2D eigenvalue weighted by molar-refractivity contribution is 5.98. The number of phenols is 2. The van der Waals surface area contributed by atoms with E-state index in [9.17, 15) is 19.8 Å². The van der Waals surface area contributed by atoms with Crippen molar-refractivity contribution in [2.45, 2.75) is 46.0 Å². The first-order valence-corrected chi connectivity index (χ1v) is 12.4. The van der Waals surface area contributed by atoms with E-state index in [4.69, 9.17) is 0 Å². The highest BCUT2D eigenvalue weighted by Gasteiger charge is 2.26. The molecule has 0 radical (unpaired) electrons. The van der Waals surface area contributed by atoms with E-state index in [1.807, 2.05) is 76.2 Å². The molecule has 4 aromatic carbocycles. The molecule has 0 saturated heterocycles. The normalized spacial score (nSPS) is 11.4. The maximum absolute atomic E-state index is 12.9. The number of Topliss-reactive ketones (excluding diaryl/α,β-unsaturated/α-hetero) is 2. The van der Waals surface area contributed by atoms with Crippen molar-refractivity contribution in [2.24, 2.45) is 0 Å². The maximum Gasteiger partial charge on any atom is 0.167 e. The smallest absolute Gasteiger partial charge is 0.167 e. The van der Waals surface area contributed by atoms with E-state index in [0.29, 0.717) is 22.3 Å². The van der Waals surface area contributed by atoms with Crippen molar-refractivity contribution in [2.75, 3.05) is 0 Å². The van der Waals surface area contributed by atoms with Crippen molar-refractivity contribution >= 4 is 11.6 Å². The third-order valence-electron chi connectivity index (χ3n) is 7.05. The monoisotopic (exact) mass is 492 g/mol. The third kappa shape index (κ3) is 5.80. The number of phenolic OH excluding ortho intramolecular Hbond substituents is 2. The molecule has 2 N–H and O–H groups in total. The Morgan fingerprint density at radius 3 is 1.30 bits per heavy atom. The highest BCUT2D eigenvalue weighted by Crippen LogP contribution is 2.36. The lowest BCUT2D eigenvalue weighted by Gasteiger charge is -2.27. The number of hydrogen-bond acceptors (Lipinski definition) is 4. The van der Waals surface area contributed by atoms with Crippen LogP contribution in [0, 0.1) is 13.8 Å². The zero-order valence-electron chi connectivity index (χ0n) is 21.7. The lowest BCUT2D eigenvalue weighted by molar-refractivity contribution is 0.0984. The Morgan fingerprint density at radius 2 is 0.946 bits per heavy atom. The number of carbonyl (C=O) groups is 2. The van der Waals surface area contributed by atoms with Gasteiger partial charge in [-0.05, 0) is 37.1 Å². The van der Waals surface area contributed by atoms with Gasteiger partial charge in [0.25, 0.3) is 0 Å². The molecule has 0 fully saturated rings. The fourth-order valence-corrected chi connectivity index (χ4v) is 4.43. The van der Waals surface area contributed by atoms with E-state index in [2.05, 4.69) is 0 Å². The molecule has 0 unspecified atom stereocenters. The highest BCUT2D eigenvalue weighted by atomic mass is 16.3. The van der Waals surface area contributed by atoms with Gasteiger partial charge < -0.3 is 10.2 Å². The summed E-state index contributed by atoms with van der Waals surface area (Å²) in [4.78, 5) is 25.7. The van der Waals surface area contributed by atoms with Gasteiger partial charge in [-0.2, -0.15) is 0 Å². The van der Waals surface area contributed by atoms with E-state index < -0.39 is 5.41 Å². The summed E-state index contributed by atoms with van der Waals surface area (Å²) >= 11 is 0. The number of aromatic hydroxyl groups is 2. The van der Waals surface area contributed by atoms with Gasteiger partial charge in [0.15, 0.2) is 11.6 Å². The van der Waals surface area contributed by atoms with E-state index in [0.717, 1.165) is 22.3 Å². The zero-order chi connectivity index (χ0) is 26.7. The zero-order valence-corrected chi connectivity index (χ0v) is 21.7. The summed E-state index contributed by atoms with van der Waals surface area (Å²) in [6.45, 7) is 8.03. The summed E-state index contributed by atoms with van der Waals surface area (Å²) in [6, 6.07) is 25.5. The molecule has 4 heteroatoms. The van der Waals surface area contributed by atoms with Crippen LogP contribution in [-0.2, 0) is 18.3 Å². The number of carbonyl (C=O) groups excluding carboxylic acids is 2. The van der Waals surface area contributed by atoms with E-state index >= 15 is 0 Å². The first-order chi connectivity index (χ1) is 17.5. The van der Waals surface area contributed by atoms with Crippen LogP contribution in [0.15, 0.2) is 84.9 Å². The fourth-order valence-electron chi connectivity index (χ4n) is 4.43. The lowest BCUT2D eigenvalue weighted by atomic mass is 9.76. The number of hydrogen-bond donors (Lipinski definition) is 2. The van der Waals surface area contributed by atoms with Gasteiger partial charge in [0.2, 0.25) is 0 Å². The average molecular weight is 493 g/mol. The van der Waals surface area contributed by atoms with Crippen molar-refractivity contribution in [3.63, 3.8) is 0 Å². The summed E-state index contributed by atoms with van der Waals surface area (Å²) in [5, 5.41) is 21.0. The first-order valence-electron chi connectivity index (χ1n) is 12.4. The number of benzene rings is 4. The molecule has 0 heterocycles. The van der Waals surface area contributed by atoms with Gasteiger partial charge in [-0.15, -0.1) is 0 Å². The fraction of sp³-hybridized carbons (Fsp3) is 0.212. The van der Waals surface area contributed by atoms with Crippen LogP contribution in [0.1, 0.15) is 67.9 Å². The Balaban J connectivity index is 1.60. The molecule has 0 aromatic heterocycles. The van der Waals surface area contributed by atoms with Gasteiger partial charge in [-0.25, -0.2) is 0 Å². The van der Waals surface area contributed by atoms with E-state index in [1.54, 1.807) is 36.4 Å². The Labute approximate surface area is 218 Å². The molecule has 0 aliphatic carbocycles. The lowest BCUT2D eigenvalue weighted by Crippen LogP contribution is -2.20. The van der Waals surface area contributed by atoms with Crippen molar-refractivity contribution in [1.29, 1.82) is 0 Å². The van der Waals surface area contributed by atoms with Gasteiger partial charge in [0.05, 0.1) is 0 Å². The van der Waals surface area contributed by atoms with Crippen molar-refractivity contribution < 1.29 is 19.8 Å². The molecule has 0 atom stereocenters. The average Bonchev–Trinajstić information content (AvgIpc) is 2.87. The van der Waals surface area contributed by atoms with E-state index in [-0.39, 0.29) is 35.9 Å². The molecule has 37 heavy (non-hydrogen) atoms. The second kappa shape index (κ2) is 10.4. The summed E-state index contributed by atoms with van der Waals surface area (Å²) < 4.78 is 0. The van der Waals surface area contributed by atoms with Crippen LogP contribution in [0.2, 0.25) is 0 Å². The van der Waals surface area contributed by atoms with Crippen LogP contribution >= 0.6 is 0 Å². The number of aryl methyl sites for hydroxylation is 2.